The summed E-state index contributed by atoms with van der Waals surface area (Å²) in [7, 11) is 2.04. The second kappa shape index (κ2) is 7.45. The van der Waals surface area contributed by atoms with Crippen LogP contribution in [-0.2, 0) is 10.9 Å². The van der Waals surface area contributed by atoms with Gasteiger partial charge in [0.2, 0.25) is 0 Å². The fourth-order valence-corrected chi connectivity index (χ4v) is 1.53. The average Bonchev–Trinajstić information content (AvgIpc) is 2.17. The van der Waals surface area contributed by atoms with Gasteiger partial charge in [-0.05, 0) is 24.3 Å². The quantitative estimate of drug-likeness (QED) is 0.720. The number of rotatable bonds is 2. The third-order valence-corrected chi connectivity index (χ3v) is 2.75. The maximum Gasteiger partial charge on any atom is 0.379 e. The molecule has 0 aliphatic rings. The molecule has 5 heteroatoms. The second-order valence-electron chi connectivity index (χ2n) is 2.74. The maximum atomic E-state index is 9.67. The van der Waals surface area contributed by atoms with Crippen LogP contribution in [0.3, 0.4) is 0 Å². The van der Waals surface area contributed by atoms with Gasteiger partial charge in [-0.3, -0.25) is 0 Å². The highest BCUT2D eigenvalue weighted by Crippen LogP contribution is 2.14. The highest BCUT2D eigenvalue weighted by molar-refractivity contribution is 7.95. The van der Waals surface area contributed by atoms with Gasteiger partial charge in [0.25, 0.3) is 0 Å². The van der Waals surface area contributed by atoms with Crippen molar-refractivity contribution < 1.29 is 17.9 Å². The van der Waals surface area contributed by atoms with Crippen LogP contribution in [0.1, 0.15) is 0 Å². The summed E-state index contributed by atoms with van der Waals surface area (Å²) in [4.78, 5) is 1.38. The Labute approximate surface area is 90.6 Å². The van der Waals surface area contributed by atoms with Gasteiger partial charge in [-0.2, -0.15) is 13.2 Å². The Morgan fingerprint density at radius 1 is 1.07 bits per heavy atom. The summed E-state index contributed by atoms with van der Waals surface area (Å²) in [6.07, 6.45) is 4.42. The van der Waals surface area contributed by atoms with E-state index in [0.29, 0.717) is 10.9 Å². The van der Waals surface area contributed by atoms with Gasteiger partial charge < -0.3 is 4.74 Å². The number of ether oxygens (including phenoxy) is 1. The Balaban J connectivity index is 0.000000423. The summed E-state index contributed by atoms with van der Waals surface area (Å²) in [6, 6.07) is 8.23. The van der Waals surface area contributed by atoms with E-state index >= 15 is 0 Å². The number of benzene rings is 1. The number of hydrogen-bond donors (Lipinski definition) is 0. The normalized spacial score (nSPS) is 9.87. The molecule has 86 valence electrons. The lowest BCUT2D eigenvalue weighted by Gasteiger charge is -1.99. The minimum absolute atomic E-state index is 0.355. The molecule has 1 rings (SSSR count). The highest BCUT2D eigenvalue weighted by atomic mass is 32.2. The monoisotopic (exact) mass is 239 g/mol. The van der Waals surface area contributed by atoms with E-state index in [0.717, 1.165) is 5.75 Å². The Morgan fingerprint density at radius 2 is 1.47 bits per heavy atom. The molecule has 0 bridgehead atoms. The summed E-state index contributed by atoms with van der Waals surface area (Å²) >= 11 is 0. The zero-order chi connectivity index (χ0) is 11.8. The molecule has 0 saturated heterocycles. The molecule has 0 amide bonds. The Kier molecular flexibility index (Phi) is 7.03. The van der Waals surface area contributed by atoms with E-state index in [-0.39, 0.29) is 0 Å². The SMILES string of the molecule is COc1ccc([S+](C)C)cc1.FC(F)F. The zero-order valence-corrected chi connectivity index (χ0v) is 9.65. The van der Waals surface area contributed by atoms with Crippen LogP contribution in [0, 0.1) is 0 Å². The first-order valence-corrected chi connectivity index (χ1v) is 6.15. The van der Waals surface area contributed by atoms with E-state index in [4.69, 9.17) is 4.74 Å². The predicted molar refractivity (Wildman–Crippen MR) is 57.6 cm³/mol. The molecule has 0 heterocycles. The third-order valence-electron chi connectivity index (χ3n) is 1.53. The Bertz CT molecular complexity index is 259. The maximum absolute atomic E-state index is 9.67. The molecule has 0 atom stereocenters. The van der Waals surface area contributed by atoms with E-state index in [1.54, 1.807) is 7.11 Å². The molecule has 0 N–H and O–H groups in total. The van der Waals surface area contributed by atoms with E-state index in [1.165, 1.54) is 4.90 Å². The lowest BCUT2D eigenvalue weighted by Crippen LogP contribution is -1.94. The van der Waals surface area contributed by atoms with Crippen molar-refractivity contribution in [1.29, 1.82) is 0 Å². The fraction of sp³-hybridized carbons (Fsp3) is 0.400. The van der Waals surface area contributed by atoms with Crippen LogP contribution in [0.15, 0.2) is 29.2 Å². The van der Waals surface area contributed by atoms with Crippen molar-refractivity contribution in [2.24, 2.45) is 0 Å². The molecule has 0 fully saturated rings. The van der Waals surface area contributed by atoms with Crippen molar-refractivity contribution in [1.82, 2.24) is 0 Å². The lowest BCUT2D eigenvalue weighted by molar-refractivity contribution is 0.00819. The molecule has 1 aromatic carbocycles. The first-order valence-electron chi connectivity index (χ1n) is 4.11. The topological polar surface area (TPSA) is 9.23 Å². The molecule has 0 aromatic heterocycles. The van der Waals surface area contributed by atoms with Crippen molar-refractivity contribution in [3.05, 3.63) is 24.3 Å². The van der Waals surface area contributed by atoms with E-state index in [1.807, 2.05) is 12.1 Å². The molecule has 0 saturated carbocycles. The van der Waals surface area contributed by atoms with Crippen LogP contribution >= 0.6 is 0 Å². The third kappa shape index (κ3) is 7.13. The second-order valence-corrected chi connectivity index (χ2v) is 4.84. The molecule has 1 aromatic rings. The Morgan fingerprint density at radius 3 is 1.73 bits per heavy atom. The zero-order valence-electron chi connectivity index (χ0n) is 8.84. The van der Waals surface area contributed by atoms with Crippen LogP contribution in [-0.4, -0.2) is 26.3 Å². The van der Waals surface area contributed by atoms with Gasteiger partial charge in [-0.25, -0.2) is 0 Å². The van der Waals surface area contributed by atoms with Crippen LogP contribution < -0.4 is 4.74 Å². The first-order chi connectivity index (χ1) is 6.97. The molecule has 0 radical (unpaired) electrons. The summed E-state index contributed by atoms with van der Waals surface area (Å²) in [6.45, 7) is -3.67. The molecule has 0 aliphatic heterocycles. The van der Waals surface area contributed by atoms with Crippen molar-refractivity contribution in [2.45, 2.75) is 11.6 Å². The molecule has 0 unspecified atom stereocenters. The summed E-state index contributed by atoms with van der Waals surface area (Å²) in [5.41, 5.74) is 0. The number of methoxy groups -OCH3 is 1. The first kappa shape index (κ1) is 14.2. The molecular weight excluding hydrogens is 225 g/mol. The van der Waals surface area contributed by atoms with Gasteiger partial charge in [0.15, 0.2) is 4.90 Å². The number of hydrogen-bond acceptors (Lipinski definition) is 1. The van der Waals surface area contributed by atoms with Crippen LogP contribution in [0.4, 0.5) is 13.2 Å². The van der Waals surface area contributed by atoms with Crippen molar-refractivity contribution in [3.8, 4) is 5.75 Å². The smallest absolute Gasteiger partial charge is 0.379 e. The van der Waals surface area contributed by atoms with E-state index < -0.39 is 6.68 Å². The molecule has 15 heavy (non-hydrogen) atoms. The van der Waals surface area contributed by atoms with Crippen molar-refractivity contribution in [2.75, 3.05) is 19.6 Å². The van der Waals surface area contributed by atoms with Crippen LogP contribution in [0.25, 0.3) is 0 Å². The fourth-order valence-electron chi connectivity index (χ4n) is 0.848. The molecule has 1 nitrogen and oxygen atoms in total. The van der Waals surface area contributed by atoms with Crippen molar-refractivity contribution in [3.63, 3.8) is 0 Å². The standard InChI is InChI=1S/C9H13OS.CHF3/c1-10-8-4-6-9(7-5-8)11(2)3;2-1(3)4/h4-7H,1-3H3;1H/q+1;. The van der Waals surface area contributed by atoms with Crippen LogP contribution in [0.5, 0.6) is 5.75 Å². The molecular formula is C10H14F3OS+. The van der Waals surface area contributed by atoms with E-state index in [2.05, 4.69) is 24.6 Å². The highest BCUT2D eigenvalue weighted by Gasteiger charge is 2.06. The summed E-state index contributed by atoms with van der Waals surface area (Å²) in [5.74, 6) is 0.930. The minimum Gasteiger partial charge on any atom is -0.497 e. The van der Waals surface area contributed by atoms with Gasteiger partial charge in [-0.1, -0.05) is 0 Å². The van der Waals surface area contributed by atoms with Gasteiger partial charge in [-0.15, -0.1) is 0 Å². The van der Waals surface area contributed by atoms with Crippen LogP contribution in [0.2, 0.25) is 0 Å². The minimum atomic E-state index is -3.67. The number of alkyl halides is 3. The van der Waals surface area contributed by atoms with Gasteiger partial charge in [0, 0.05) is 10.9 Å². The molecule has 0 aliphatic carbocycles. The lowest BCUT2D eigenvalue weighted by atomic mass is 10.3. The predicted octanol–water partition coefficient (Wildman–Crippen LogP) is 3.11. The largest absolute Gasteiger partial charge is 0.497 e. The van der Waals surface area contributed by atoms with Gasteiger partial charge in [0.1, 0.15) is 18.3 Å². The van der Waals surface area contributed by atoms with Crippen molar-refractivity contribution >= 4 is 10.9 Å². The summed E-state index contributed by atoms with van der Waals surface area (Å²) < 4.78 is 34.1. The summed E-state index contributed by atoms with van der Waals surface area (Å²) in [5, 5.41) is 0. The van der Waals surface area contributed by atoms with E-state index in [9.17, 15) is 13.2 Å². The van der Waals surface area contributed by atoms with Gasteiger partial charge in [0.05, 0.1) is 7.11 Å². The molecule has 0 spiro atoms. The average molecular weight is 239 g/mol. The number of halogens is 3. The Hall–Kier alpha value is -0.840. The van der Waals surface area contributed by atoms with Gasteiger partial charge >= 0.3 is 6.68 Å².